The van der Waals surface area contributed by atoms with E-state index in [1.165, 1.54) is 11.3 Å². The summed E-state index contributed by atoms with van der Waals surface area (Å²) >= 11 is 7.37. The number of thiazole rings is 1. The molecule has 0 radical (unpaired) electrons. The number of aromatic nitrogens is 4. The van der Waals surface area contributed by atoms with Crippen LogP contribution in [0.15, 0.2) is 30.9 Å². The monoisotopic (exact) mass is 361 g/mol. The van der Waals surface area contributed by atoms with E-state index in [9.17, 15) is 4.79 Å². The predicted molar refractivity (Wildman–Crippen MR) is 94.3 cm³/mol. The molecule has 0 bridgehead atoms. The van der Waals surface area contributed by atoms with Gasteiger partial charge in [-0.05, 0) is 31.4 Å². The lowest BCUT2D eigenvalue weighted by molar-refractivity contribution is -0.119. The zero-order valence-electron chi connectivity index (χ0n) is 12.9. The topological polar surface area (TPSA) is 63.9 Å². The molecule has 0 spiro atoms. The molecule has 1 aliphatic carbocycles. The van der Waals surface area contributed by atoms with Crippen LogP contribution in [0.3, 0.4) is 0 Å². The van der Waals surface area contributed by atoms with Gasteiger partial charge in [-0.25, -0.2) is 15.0 Å². The molecular formula is C16H16ClN5OS. The maximum atomic E-state index is 12.7. The second-order valence-corrected chi connectivity index (χ2v) is 7.22. The number of anilines is 1. The fraction of sp³-hybridized carbons (Fsp3) is 0.375. The molecular weight excluding hydrogens is 346 g/mol. The number of carbonyl (C=O) groups excluding carboxylic acids is 1. The predicted octanol–water partition coefficient (Wildman–Crippen LogP) is 3.37. The normalized spacial score (nSPS) is 14.2. The lowest BCUT2D eigenvalue weighted by Crippen LogP contribution is -2.33. The number of fused-ring (bicyclic) bond motifs is 1. The number of aryl methyl sites for hydroxylation is 1. The Labute approximate surface area is 148 Å². The van der Waals surface area contributed by atoms with Gasteiger partial charge < -0.3 is 4.57 Å². The van der Waals surface area contributed by atoms with Crippen LogP contribution < -0.4 is 4.90 Å². The summed E-state index contributed by atoms with van der Waals surface area (Å²) in [6.45, 7) is 1.46. The fourth-order valence-corrected chi connectivity index (χ4v) is 3.75. The molecule has 4 rings (SSSR count). The van der Waals surface area contributed by atoms with Crippen molar-refractivity contribution in [3.63, 3.8) is 0 Å². The molecule has 0 saturated heterocycles. The molecule has 0 aliphatic heterocycles. The van der Waals surface area contributed by atoms with Crippen LogP contribution in [-0.2, 0) is 11.3 Å². The summed E-state index contributed by atoms with van der Waals surface area (Å²) in [6.07, 6.45) is 8.28. The molecule has 1 amide bonds. The summed E-state index contributed by atoms with van der Waals surface area (Å²) in [5, 5.41) is 1.15. The molecule has 24 heavy (non-hydrogen) atoms. The first-order valence-electron chi connectivity index (χ1n) is 7.91. The van der Waals surface area contributed by atoms with Gasteiger partial charge in [0, 0.05) is 31.4 Å². The number of imidazole rings is 1. The molecule has 1 aliphatic rings. The minimum absolute atomic E-state index is 0.154. The standard InChI is InChI=1S/C16H16ClN5OS/c17-13-5-4-12-14(20-13)24-16(19-12)22(15(23)11-2-3-11)8-1-7-21-9-6-18-10-21/h4-6,9-11H,1-3,7-8H2. The first kappa shape index (κ1) is 15.5. The Morgan fingerprint density at radius 1 is 1.38 bits per heavy atom. The van der Waals surface area contributed by atoms with Crippen molar-refractivity contribution < 1.29 is 4.79 Å². The number of rotatable bonds is 6. The van der Waals surface area contributed by atoms with Crippen LogP contribution in [0.1, 0.15) is 19.3 Å². The van der Waals surface area contributed by atoms with Crippen LogP contribution in [0.5, 0.6) is 0 Å². The van der Waals surface area contributed by atoms with Crippen molar-refractivity contribution in [1.29, 1.82) is 0 Å². The van der Waals surface area contributed by atoms with Gasteiger partial charge in [0.1, 0.15) is 15.5 Å². The Bertz CT molecular complexity index is 859. The van der Waals surface area contributed by atoms with Crippen LogP contribution in [-0.4, -0.2) is 32.0 Å². The third-order valence-electron chi connectivity index (χ3n) is 3.99. The molecule has 1 saturated carbocycles. The minimum atomic E-state index is 0.154. The lowest BCUT2D eigenvalue weighted by Gasteiger charge is -2.19. The Hall–Kier alpha value is -1.99. The largest absolute Gasteiger partial charge is 0.337 e. The number of pyridine rings is 1. The number of nitrogens with zero attached hydrogens (tertiary/aromatic N) is 5. The van der Waals surface area contributed by atoms with Crippen molar-refractivity contribution in [2.24, 2.45) is 5.92 Å². The molecule has 8 heteroatoms. The van der Waals surface area contributed by atoms with E-state index in [1.54, 1.807) is 18.6 Å². The third kappa shape index (κ3) is 3.27. The molecule has 3 heterocycles. The SMILES string of the molecule is O=C(C1CC1)N(CCCn1ccnc1)c1nc2ccc(Cl)nc2s1. The van der Waals surface area contributed by atoms with E-state index in [0.29, 0.717) is 16.8 Å². The third-order valence-corrected chi connectivity index (χ3v) is 5.19. The Balaban J connectivity index is 1.55. The van der Waals surface area contributed by atoms with Gasteiger partial charge in [-0.2, -0.15) is 0 Å². The molecule has 0 N–H and O–H groups in total. The maximum Gasteiger partial charge on any atom is 0.231 e. The van der Waals surface area contributed by atoms with E-state index in [4.69, 9.17) is 11.6 Å². The summed E-state index contributed by atoms with van der Waals surface area (Å²) < 4.78 is 2.01. The van der Waals surface area contributed by atoms with Crippen molar-refractivity contribution in [1.82, 2.24) is 19.5 Å². The Morgan fingerprint density at radius 3 is 3.00 bits per heavy atom. The fourth-order valence-electron chi connectivity index (χ4n) is 2.58. The van der Waals surface area contributed by atoms with E-state index in [2.05, 4.69) is 15.0 Å². The van der Waals surface area contributed by atoms with Gasteiger partial charge in [0.05, 0.1) is 6.33 Å². The Kier molecular flexibility index (Phi) is 4.20. The highest BCUT2D eigenvalue weighted by atomic mass is 35.5. The summed E-state index contributed by atoms with van der Waals surface area (Å²) in [5.74, 6) is 0.326. The highest BCUT2D eigenvalue weighted by molar-refractivity contribution is 7.22. The molecule has 124 valence electrons. The van der Waals surface area contributed by atoms with Crippen LogP contribution >= 0.6 is 22.9 Å². The smallest absolute Gasteiger partial charge is 0.231 e. The average Bonchev–Trinajstić information content (AvgIpc) is 3.13. The number of carbonyl (C=O) groups is 1. The summed E-state index contributed by atoms with van der Waals surface area (Å²) in [6, 6.07) is 3.56. The number of halogens is 1. The second-order valence-electron chi connectivity index (χ2n) is 5.87. The summed E-state index contributed by atoms with van der Waals surface area (Å²) in [5.41, 5.74) is 0.780. The van der Waals surface area contributed by atoms with Crippen molar-refractivity contribution in [3.8, 4) is 0 Å². The molecule has 6 nitrogen and oxygen atoms in total. The van der Waals surface area contributed by atoms with Gasteiger partial charge in [0.2, 0.25) is 5.91 Å². The highest BCUT2D eigenvalue weighted by Gasteiger charge is 2.35. The van der Waals surface area contributed by atoms with Crippen LogP contribution in [0.4, 0.5) is 5.13 Å². The van der Waals surface area contributed by atoms with Crippen LogP contribution in [0.2, 0.25) is 5.15 Å². The summed E-state index contributed by atoms with van der Waals surface area (Å²) in [4.78, 5) is 28.2. The molecule has 1 fully saturated rings. The highest BCUT2D eigenvalue weighted by Crippen LogP contribution is 2.35. The molecule has 0 aromatic carbocycles. The van der Waals surface area contributed by atoms with Crippen molar-refractivity contribution >= 4 is 44.3 Å². The maximum absolute atomic E-state index is 12.7. The lowest BCUT2D eigenvalue weighted by atomic mass is 10.3. The number of hydrogen-bond donors (Lipinski definition) is 0. The van der Waals surface area contributed by atoms with Crippen molar-refractivity contribution in [3.05, 3.63) is 36.0 Å². The van der Waals surface area contributed by atoms with E-state index in [0.717, 1.165) is 36.2 Å². The molecule has 0 unspecified atom stereocenters. The van der Waals surface area contributed by atoms with Gasteiger partial charge in [0.25, 0.3) is 0 Å². The zero-order valence-corrected chi connectivity index (χ0v) is 14.5. The average molecular weight is 362 g/mol. The van der Waals surface area contributed by atoms with Crippen LogP contribution in [0, 0.1) is 5.92 Å². The van der Waals surface area contributed by atoms with Gasteiger partial charge in [-0.15, -0.1) is 0 Å². The van der Waals surface area contributed by atoms with Gasteiger partial charge >= 0.3 is 0 Å². The van der Waals surface area contributed by atoms with E-state index in [1.807, 2.05) is 21.7 Å². The Morgan fingerprint density at radius 2 is 2.25 bits per heavy atom. The first-order chi connectivity index (χ1) is 11.7. The van der Waals surface area contributed by atoms with E-state index in [-0.39, 0.29) is 11.8 Å². The van der Waals surface area contributed by atoms with E-state index < -0.39 is 0 Å². The quantitative estimate of drug-likeness (QED) is 0.631. The molecule has 3 aromatic rings. The number of hydrogen-bond acceptors (Lipinski definition) is 5. The van der Waals surface area contributed by atoms with Gasteiger partial charge in [0.15, 0.2) is 5.13 Å². The zero-order chi connectivity index (χ0) is 16.5. The molecule has 0 atom stereocenters. The van der Waals surface area contributed by atoms with Crippen molar-refractivity contribution in [2.45, 2.75) is 25.8 Å². The van der Waals surface area contributed by atoms with Crippen LogP contribution in [0.25, 0.3) is 10.3 Å². The van der Waals surface area contributed by atoms with Gasteiger partial charge in [-0.3, -0.25) is 9.69 Å². The van der Waals surface area contributed by atoms with Crippen molar-refractivity contribution in [2.75, 3.05) is 11.4 Å². The number of amides is 1. The molecule has 3 aromatic heterocycles. The van der Waals surface area contributed by atoms with E-state index >= 15 is 0 Å². The second kappa shape index (κ2) is 6.49. The summed E-state index contributed by atoms with van der Waals surface area (Å²) in [7, 11) is 0. The first-order valence-corrected chi connectivity index (χ1v) is 9.10. The minimum Gasteiger partial charge on any atom is -0.337 e. The van der Waals surface area contributed by atoms with Gasteiger partial charge in [-0.1, -0.05) is 22.9 Å².